The Morgan fingerprint density at radius 3 is 2.48 bits per heavy atom. The van der Waals surface area contributed by atoms with Crippen molar-refractivity contribution >= 4 is 35.6 Å². The van der Waals surface area contributed by atoms with E-state index in [1.165, 1.54) is 6.92 Å². The lowest BCUT2D eigenvalue weighted by atomic mass is 10.00. The Balaban J connectivity index is 0.00000220. The molecule has 1 saturated carbocycles. The third-order valence-electron chi connectivity index (χ3n) is 3.63. The molecule has 2 rings (SSSR count). The monoisotopic (exact) mass is 311 g/mol. The number of amides is 2. The Bertz CT molecular complexity index is 507. The number of carbonyl (C=O) groups is 2. The predicted octanol–water partition coefficient (Wildman–Crippen LogP) is 2.52. The van der Waals surface area contributed by atoms with Crippen molar-refractivity contribution in [3.05, 3.63) is 24.3 Å². The average molecular weight is 312 g/mol. The minimum Gasteiger partial charge on any atom is -0.327 e. The maximum atomic E-state index is 12.0. The number of hydrogen-bond donors (Lipinski definition) is 3. The minimum atomic E-state index is -0.134. The van der Waals surface area contributed by atoms with Crippen LogP contribution in [0.4, 0.5) is 11.4 Å². The predicted molar refractivity (Wildman–Crippen MR) is 86.6 cm³/mol. The minimum absolute atomic E-state index is 0. The first kappa shape index (κ1) is 17.5. The number of nitrogens with two attached hydrogens (primary N) is 1. The van der Waals surface area contributed by atoms with Crippen molar-refractivity contribution in [2.24, 2.45) is 11.7 Å². The summed E-state index contributed by atoms with van der Waals surface area (Å²) in [5.74, 6) is 0.131. The van der Waals surface area contributed by atoms with Gasteiger partial charge < -0.3 is 16.4 Å². The Morgan fingerprint density at radius 2 is 1.90 bits per heavy atom. The molecule has 0 radical (unpaired) electrons. The first-order valence-electron chi connectivity index (χ1n) is 6.97. The van der Waals surface area contributed by atoms with Crippen molar-refractivity contribution in [1.82, 2.24) is 0 Å². The first-order chi connectivity index (χ1) is 9.54. The molecule has 0 spiro atoms. The summed E-state index contributed by atoms with van der Waals surface area (Å²) in [4.78, 5) is 23.0. The van der Waals surface area contributed by atoms with E-state index in [1.54, 1.807) is 24.3 Å². The number of hydrogen-bond acceptors (Lipinski definition) is 3. The smallest absolute Gasteiger partial charge is 0.224 e. The molecule has 0 unspecified atom stereocenters. The van der Waals surface area contributed by atoms with E-state index in [0.29, 0.717) is 17.8 Å². The molecule has 0 aliphatic heterocycles. The lowest BCUT2D eigenvalue weighted by molar-refractivity contribution is -0.117. The Hall–Kier alpha value is -1.59. The van der Waals surface area contributed by atoms with Crippen molar-refractivity contribution in [1.29, 1.82) is 0 Å². The standard InChI is InChI=1S/C15H21N3O2.ClH/c1-10(19)17-12-5-3-6-13(9-12)18-15(20)8-11-4-2-7-14(11)16;/h3,5-6,9,11,14H,2,4,7-8,16H2,1H3,(H,17,19)(H,18,20);1H/t11-,14+;/m0./s1. The SMILES string of the molecule is CC(=O)Nc1cccc(NC(=O)C[C@@H]2CCC[C@H]2N)c1.Cl. The molecule has 2 amide bonds. The molecule has 4 N–H and O–H groups in total. The zero-order valence-electron chi connectivity index (χ0n) is 12.1. The normalized spacial score (nSPS) is 20.5. The van der Waals surface area contributed by atoms with E-state index in [4.69, 9.17) is 5.73 Å². The summed E-state index contributed by atoms with van der Waals surface area (Å²) < 4.78 is 0. The van der Waals surface area contributed by atoms with Gasteiger partial charge in [-0.15, -0.1) is 12.4 Å². The van der Waals surface area contributed by atoms with E-state index in [9.17, 15) is 9.59 Å². The van der Waals surface area contributed by atoms with Crippen molar-refractivity contribution in [2.75, 3.05) is 10.6 Å². The van der Waals surface area contributed by atoms with Crippen LogP contribution in [0.15, 0.2) is 24.3 Å². The van der Waals surface area contributed by atoms with Crippen molar-refractivity contribution in [3.63, 3.8) is 0 Å². The van der Waals surface area contributed by atoms with Crippen LogP contribution < -0.4 is 16.4 Å². The molecular formula is C15H22ClN3O2. The van der Waals surface area contributed by atoms with E-state index in [-0.39, 0.29) is 36.2 Å². The lowest BCUT2D eigenvalue weighted by Crippen LogP contribution is -2.28. The second-order valence-corrected chi connectivity index (χ2v) is 5.37. The van der Waals surface area contributed by atoms with Crippen molar-refractivity contribution < 1.29 is 9.59 Å². The summed E-state index contributed by atoms with van der Waals surface area (Å²) >= 11 is 0. The maximum absolute atomic E-state index is 12.0. The van der Waals surface area contributed by atoms with Gasteiger partial charge >= 0.3 is 0 Å². The molecule has 5 nitrogen and oxygen atoms in total. The van der Waals surface area contributed by atoms with E-state index in [2.05, 4.69) is 10.6 Å². The molecular weight excluding hydrogens is 290 g/mol. The van der Waals surface area contributed by atoms with Gasteiger partial charge in [0.2, 0.25) is 11.8 Å². The zero-order valence-corrected chi connectivity index (χ0v) is 12.9. The lowest BCUT2D eigenvalue weighted by Gasteiger charge is -2.15. The fourth-order valence-electron chi connectivity index (χ4n) is 2.65. The second-order valence-electron chi connectivity index (χ2n) is 5.37. The molecule has 0 aromatic heterocycles. The van der Waals surface area contributed by atoms with Gasteiger partial charge in [-0.1, -0.05) is 12.5 Å². The Morgan fingerprint density at radius 1 is 1.24 bits per heavy atom. The topological polar surface area (TPSA) is 84.2 Å². The van der Waals surface area contributed by atoms with Crippen LogP contribution in [-0.4, -0.2) is 17.9 Å². The molecule has 0 bridgehead atoms. The highest BCUT2D eigenvalue weighted by Crippen LogP contribution is 2.27. The summed E-state index contributed by atoms with van der Waals surface area (Å²) in [6.07, 6.45) is 3.61. The molecule has 116 valence electrons. The van der Waals surface area contributed by atoms with Crippen LogP contribution >= 0.6 is 12.4 Å². The van der Waals surface area contributed by atoms with Gasteiger partial charge in [0.25, 0.3) is 0 Å². The van der Waals surface area contributed by atoms with Gasteiger partial charge in [0.05, 0.1) is 0 Å². The molecule has 21 heavy (non-hydrogen) atoms. The van der Waals surface area contributed by atoms with Gasteiger partial charge in [-0.05, 0) is 37.0 Å². The van der Waals surface area contributed by atoms with Crippen LogP contribution in [0, 0.1) is 5.92 Å². The Kier molecular flexibility index (Phi) is 6.65. The largest absolute Gasteiger partial charge is 0.327 e. The highest BCUT2D eigenvalue weighted by molar-refractivity contribution is 5.93. The fourth-order valence-corrected chi connectivity index (χ4v) is 2.65. The summed E-state index contributed by atoms with van der Waals surface area (Å²) in [7, 11) is 0. The van der Waals surface area contributed by atoms with Crippen molar-refractivity contribution in [2.45, 2.75) is 38.6 Å². The average Bonchev–Trinajstić information content (AvgIpc) is 2.74. The van der Waals surface area contributed by atoms with Gasteiger partial charge in [-0.25, -0.2) is 0 Å². The molecule has 1 aliphatic rings. The quantitative estimate of drug-likeness (QED) is 0.799. The first-order valence-corrected chi connectivity index (χ1v) is 6.97. The van der Waals surface area contributed by atoms with Crippen LogP contribution in [0.2, 0.25) is 0 Å². The zero-order chi connectivity index (χ0) is 14.5. The number of nitrogens with one attached hydrogen (secondary N) is 2. The van der Waals surface area contributed by atoms with Gasteiger partial charge in [-0.2, -0.15) is 0 Å². The van der Waals surface area contributed by atoms with Crippen molar-refractivity contribution in [3.8, 4) is 0 Å². The Labute approximate surface area is 131 Å². The molecule has 0 saturated heterocycles. The second kappa shape index (κ2) is 8.00. The number of carbonyl (C=O) groups excluding carboxylic acids is 2. The van der Waals surface area contributed by atoms with Gasteiger partial charge in [0.15, 0.2) is 0 Å². The summed E-state index contributed by atoms with van der Waals surface area (Å²) in [6.45, 7) is 1.45. The number of halogens is 1. The molecule has 6 heteroatoms. The third-order valence-corrected chi connectivity index (χ3v) is 3.63. The van der Waals surface area contributed by atoms with Crippen LogP contribution in [0.3, 0.4) is 0 Å². The van der Waals surface area contributed by atoms with E-state index >= 15 is 0 Å². The fraction of sp³-hybridized carbons (Fsp3) is 0.467. The van der Waals surface area contributed by atoms with Gasteiger partial charge in [-0.3, -0.25) is 9.59 Å². The molecule has 1 aromatic rings. The van der Waals surface area contributed by atoms with Gasteiger partial charge in [0, 0.05) is 30.8 Å². The van der Waals surface area contributed by atoms with Crippen LogP contribution in [0.25, 0.3) is 0 Å². The van der Waals surface area contributed by atoms with Crippen LogP contribution in [-0.2, 0) is 9.59 Å². The molecule has 1 aliphatic carbocycles. The van der Waals surface area contributed by atoms with Crippen LogP contribution in [0.5, 0.6) is 0 Å². The van der Waals surface area contributed by atoms with E-state index in [0.717, 1.165) is 19.3 Å². The molecule has 0 heterocycles. The number of benzene rings is 1. The van der Waals surface area contributed by atoms with Crippen LogP contribution in [0.1, 0.15) is 32.6 Å². The molecule has 1 fully saturated rings. The molecule has 1 aromatic carbocycles. The highest BCUT2D eigenvalue weighted by Gasteiger charge is 2.25. The summed E-state index contributed by atoms with van der Waals surface area (Å²) in [6, 6.07) is 7.27. The van der Waals surface area contributed by atoms with Gasteiger partial charge in [0.1, 0.15) is 0 Å². The highest BCUT2D eigenvalue weighted by atomic mass is 35.5. The molecule has 2 atom stereocenters. The number of anilines is 2. The maximum Gasteiger partial charge on any atom is 0.224 e. The third kappa shape index (κ3) is 5.36. The summed E-state index contributed by atoms with van der Waals surface area (Å²) in [5, 5.41) is 5.55. The summed E-state index contributed by atoms with van der Waals surface area (Å²) in [5.41, 5.74) is 7.33. The van der Waals surface area contributed by atoms with E-state index in [1.807, 2.05) is 0 Å². The number of rotatable bonds is 4. The van der Waals surface area contributed by atoms with E-state index < -0.39 is 0 Å².